The fourth-order valence-electron chi connectivity index (χ4n) is 2.08. The first-order chi connectivity index (χ1) is 10.1. The molecule has 1 amide bonds. The molecule has 0 aliphatic heterocycles. The summed E-state index contributed by atoms with van der Waals surface area (Å²) in [6.45, 7) is 0. The van der Waals surface area contributed by atoms with Crippen molar-refractivity contribution in [3.63, 3.8) is 0 Å². The van der Waals surface area contributed by atoms with Gasteiger partial charge in [-0.3, -0.25) is 9.00 Å². The Hall–Kier alpha value is -2.14. The van der Waals surface area contributed by atoms with E-state index in [0.29, 0.717) is 5.75 Å². The molecular weight excluding hydrogens is 286 g/mol. The Kier molecular flexibility index (Phi) is 5.11. The standard InChI is InChI=1S/C16H17NO3S/c1-20-14-8-6-12(7-9-14)15-5-3-2-4-13(15)10-21(19)11-16(17)18/h2-9H,10-11H2,1H3,(H2,17,18)/t21-/m1/s1. The Morgan fingerprint density at radius 3 is 2.43 bits per heavy atom. The molecule has 0 radical (unpaired) electrons. The number of carbonyl (C=O) groups is 1. The lowest BCUT2D eigenvalue weighted by molar-refractivity contribution is -0.115. The van der Waals surface area contributed by atoms with Crippen molar-refractivity contribution < 1.29 is 13.7 Å². The van der Waals surface area contributed by atoms with Crippen LogP contribution in [-0.4, -0.2) is 23.0 Å². The van der Waals surface area contributed by atoms with Crippen molar-refractivity contribution in [3.8, 4) is 16.9 Å². The molecular formula is C16H17NO3S. The summed E-state index contributed by atoms with van der Waals surface area (Å²) in [5, 5.41) is 0. The van der Waals surface area contributed by atoms with Crippen LogP contribution >= 0.6 is 0 Å². The molecule has 0 unspecified atom stereocenters. The van der Waals surface area contributed by atoms with E-state index < -0.39 is 16.7 Å². The third-order valence-electron chi connectivity index (χ3n) is 3.04. The van der Waals surface area contributed by atoms with Crippen molar-refractivity contribution in [2.45, 2.75) is 5.75 Å². The highest BCUT2D eigenvalue weighted by molar-refractivity contribution is 7.84. The van der Waals surface area contributed by atoms with E-state index in [1.807, 2.05) is 48.5 Å². The predicted molar refractivity (Wildman–Crippen MR) is 84.3 cm³/mol. The van der Waals surface area contributed by atoms with Gasteiger partial charge in [0.25, 0.3) is 0 Å². The molecule has 21 heavy (non-hydrogen) atoms. The van der Waals surface area contributed by atoms with Crippen molar-refractivity contribution >= 4 is 16.7 Å². The highest BCUT2D eigenvalue weighted by atomic mass is 32.2. The van der Waals surface area contributed by atoms with Gasteiger partial charge in [-0.2, -0.15) is 0 Å². The van der Waals surface area contributed by atoms with Gasteiger partial charge in [0.2, 0.25) is 5.91 Å². The molecule has 0 aliphatic carbocycles. The number of hydrogen-bond donors (Lipinski definition) is 1. The minimum absolute atomic E-state index is 0.114. The van der Waals surface area contributed by atoms with Gasteiger partial charge < -0.3 is 10.5 Å². The zero-order chi connectivity index (χ0) is 15.2. The Bertz CT molecular complexity index is 653. The molecule has 2 rings (SSSR count). The maximum Gasteiger partial charge on any atom is 0.230 e. The van der Waals surface area contributed by atoms with Crippen molar-refractivity contribution in [2.75, 3.05) is 12.9 Å². The molecule has 2 aromatic rings. The van der Waals surface area contributed by atoms with Crippen LogP contribution in [0.3, 0.4) is 0 Å². The van der Waals surface area contributed by atoms with E-state index in [2.05, 4.69) is 0 Å². The number of benzene rings is 2. The molecule has 0 spiro atoms. The van der Waals surface area contributed by atoms with E-state index in [-0.39, 0.29) is 5.75 Å². The molecule has 0 aliphatic rings. The smallest absolute Gasteiger partial charge is 0.230 e. The molecule has 0 aromatic heterocycles. The molecule has 1 atom stereocenters. The van der Waals surface area contributed by atoms with Gasteiger partial charge in [-0.15, -0.1) is 0 Å². The van der Waals surface area contributed by atoms with Crippen LogP contribution in [0.2, 0.25) is 0 Å². The molecule has 4 nitrogen and oxygen atoms in total. The number of amides is 1. The van der Waals surface area contributed by atoms with Crippen LogP contribution in [-0.2, 0) is 21.3 Å². The summed E-state index contributed by atoms with van der Waals surface area (Å²) in [5.41, 5.74) is 8.03. The van der Waals surface area contributed by atoms with Gasteiger partial charge in [-0.05, 0) is 28.8 Å². The first-order valence-electron chi connectivity index (χ1n) is 6.46. The van der Waals surface area contributed by atoms with Crippen LogP contribution in [0.4, 0.5) is 0 Å². The second kappa shape index (κ2) is 7.04. The minimum atomic E-state index is -1.29. The molecule has 0 heterocycles. The maximum absolute atomic E-state index is 11.9. The number of methoxy groups -OCH3 is 1. The summed E-state index contributed by atoms with van der Waals surface area (Å²) in [6, 6.07) is 15.4. The van der Waals surface area contributed by atoms with E-state index in [1.165, 1.54) is 0 Å². The van der Waals surface area contributed by atoms with Crippen molar-refractivity contribution in [3.05, 3.63) is 54.1 Å². The second-order valence-electron chi connectivity index (χ2n) is 4.58. The van der Waals surface area contributed by atoms with Crippen LogP contribution in [0.25, 0.3) is 11.1 Å². The summed E-state index contributed by atoms with van der Waals surface area (Å²) < 4.78 is 17.0. The van der Waals surface area contributed by atoms with E-state index >= 15 is 0 Å². The number of carbonyl (C=O) groups excluding carboxylic acids is 1. The summed E-state index contributed by atoms with van der Waals surface area (Å²) in [5.74, 6) is 0.436. The molecule has 2 N–H and O–H groups in total. The summed E-state index contributed by atoms with van der Waals surface area (Å²) in [6.07, 6.45) is 0. The average molecular weight is 303 g/mol. The monoisotopic (exact) mass is 303 g/mol. The predicted octanol–water partition coefficient (Wildman–Crippen LogP) is 2.10. The van der Waals surface area contributed by atoms with Gasteiger partial charge >= 0.3 is 0 Å². The molecule has 0 fully saturated rings. The third-order valence-corrected chi connectivity index (χ3v) is 4.28. The quantitative estimate of drug-likeness (QED) is 0.888. The number of primary amides is 1. The van der Waals surface area contributed by atoms with Gasteiger partial charge in [-0.1, -0.05) is 36.4 Å². The van der Waals surface area contributed by atoms with E-state index in [4.69, 9.17) is 10.5 Å². The summed E-state index contributed by atoms with van der Waals surface area (Å²) in [4.78, 5) is 10.8. The molecule has 0 bridgehead atoms. The highest BCUT2D eigenvalue weighted by Crippen LogP contribution is 2.26. The first-order valence-corrected chi connectivity index (χ1v) is 7.94. The lowest BCUT2D eigenvalue weighted by Gasteiger charge is -2.10. The van der Waals surface area contributed by atoms with E-state index in [9.17, 15) is 9.00 Å². The molecule has 0 saturated heterocycles. The number of hydrogen-bond acceptors (Lipinski definition) is 3. The van der Waals surface area contributed by atoms with Crippen molar-refractivity contribution in [1.29, 1.82) is 0 Å². The maximum atomic E-state index is 11.9. The number of nitrogens with two attached hydrogens (primary N) is 1. The van der Waals surface area contributed by atoms with Crippen LogP contribution in [0.15, 0.2) is 48.5 Å². The van der Waals surface area contributed by atoms with Crippen LogP contribution < -0.4 is 10.5 Å². The van der Waals surface area contributed by atoms with Crippen molar-refractivity contribution in [1.82, 2.24) is 0 Å². The van der Waals surface area contributed by atoms with E-state index in [1.54, 1.807) is 7.11 Å². The second-order valence-corrected chi connectivity index (χ2v) is 6.04. The normalized spacial score (nSPS) is 11.9. The summed E-state index contributed by atoms with van der Waals surface area (Å²) >= 11 is 0. The number of ether oxygens (including phenoxy) is 1. The largest absolute Gasteiger partial charge is 0.497 e. The van der Waals surface area contributed by atoms with E-state index in [0.717, 1.165) is 22.4 Å². The van der Waals surface area contributed by atoms with Crippen molar-refractivity contribution in [2.24, 2.45) is 5.73 Å². The Balaban J connectivity index is 2.27. The Morgan fingerprint density at radius 2 is 1.81 bits per heavy atom. The summed E-state index contributed by atoms with van der Waals surface area (Å²) in [7, 11) is 0.331. The van der Waals surface area contributed by atoms with Gasteiger partial charge in [0.15, 0.2) is 0 Å². The Labute approximate surface area is 126 Å². The molecule has 5 heteroatoms. The Morgan fingerprint density at radius 1 is 1.14 bits per heavy atom. The number of rotatable bonds is 6. The fraction of sp³-hybridized carbons (Fsp3) is 0.188. The van der Waals surface area contributed by atoms with Gasteiger partial charge in [0.1, 0.15) is 11.5 Å². The van der Waals surface area contributed by atoms with Gasteiger partial charge in [0.05, 0.1) is 7.11 Å². The highest BCUT2D eigenvalue weighted by Gasteiger charge is 2.10. The fourth-order valence-corrected chi connectivity index (χ4v) is 3.10. The minimum Gasteiger partial charge on any atom is -0.497 e. The average Bonchev–Trinajstić information content (AvgIpc) is 2.47. The van der Waals surface area contributed by atoms with Crippen LogP contribution in [0.1, 0.15) is 5.56 Å². The van der Waals surface area contributed by atoms with Gasteiger partial charge in [0, 0.05) is 16.6 Å². The molecule has 2 aromatic carbocycles. The topological polar surface area (TPSA) is 69.4 Å². The molecule has 0 saturated carbocycles. The van der Waals surface area contributed by atoms with Gasteiger partial charge in [-0.25, -0.2) is 0 Å². The lowest BCUT2D eigenvalue weighted by Crippen LogP contribution is -2.20. The lowest BCUT2D eigenvalue weighted by atomic mass is 10.0. The van der Waals surface area contributed by atoms with Crippen LogP contribution in [0, 0.1) is 0 Å². The molecule has 110 valence electrons. The SMILES string of the molecule is COc1ccc(-c2ccccc2C[S@@](=O)CC(N)=O)cc1. The first kappa shape index (κ1) is 15.3. The van der Waals surface area contributed by atoms with Crippen LogP contribution in [0.5, 0.6) is 5.75 Å². The third kappa shape index (κ3) is 4.16. The zero-order valence-electron chi connectivity index (χ0n) is 11.7. The zero-order valence-corrected chi connectivity index (χ0v) is 12.6.